The molecule has 6 heteroatoms. The number of hydrogen-bond acceptors (Lipinski definition) is 2. The van der Waals surface area contributed by atoms with Gasteiger partial charge in [0.05, 0.1) is 5.41 Å². The Balaban J connectivity index is 2.36. The van der Waals surface area contributed by atoms with Crippen molar-refractivity contribution in [3.05, 3.63) is 33.8 Å². The zero-order chi connectivity index (χ0) is 16.0. The maximum absolute atomic E-state index is 11.7. The number of benzene rings is 1. The number of carboxylic acids is 1. The molecule has 0 atom stereocenters. The predicted molar refractivity (Wildman–Crippen MR) is 83.8 cm³/mol. The van der Waals surface area contributed by atoms with Gasteiger partial charge in [-0.05, 0) is 44.4 Å². The van der Waals surface area contributed by atoms with Gasteiger partial charge in [-0.25, -0.2) is 0 Å². The van der Waals surface area contributed by atoms with Crippen molar-refractivity contribution in [1.29, 1.82) is 0 Å². The molecule has 21 heavy (non-hydrogen) atoms. The topological polar surface area (TPSA) is 66.4 Å². The third kappa shape index (κ3) is 5.94. The Hall–Kier alpha value is -1.26. The third-order valence-electron chi connectivity index (χ3n) is 3.29. The smallest absolute Gasteiger partial charge is 0.309 e. The number of amides is 1. The van der Waals surface area contributed by atoms with E-state index in [1.165, 1.54) is 0 Å². The van der Waals surface area contributed by atoms with Gasteiger partial charge in [-0.15, -0.1) is 0 Å². The highest BCUT2D eigenvalue weighted by Gasteiger charge is 2.26. The summed E-state index contributed by atoms with van der Waals surface area (Å²) in [5, 5.41) is 12.8. The largest absolute Gasteiger partial charge is 0.481 e. The summed E-state index contributed by atoms with van der Waals surface area (Å²) in [5.74, 6) is -0.994. The molecule has 0 bridgehead atoms. The van der Waals surface area contributed by atoms with E-state index in [9.17, 15) is 9.59 Å². The van der Waals surface area contributed by atoms with E-state index in [4.69, 9.17) is 28.3 Å². The molecule has 0 heterocycles. The van der Waals surface area contributed by atoms with E-state index in [-0.39, 0.29) is 5.91 Å². The first-order valence-electron chi connectivity index (χ1n) is 6.66. The van der Waals surface area contributed by atoms with E-state index in [1.807, 2.05) is 0 Å². The normalized spacial score (nSPS) is 11.2. The first-order valence-corrected chi connectivity index (χ1v) is 7.42. The summed E-state index contributed by atoms with van der Waals surface area (Å²) >= 11 is 11.8. The summed E-state index contributed by atoms with van der Waals surface area (Å²) in [6.07, 6.45) is 1.20. The van der Waals surface area contributed by atoms with Gasteiger partial charge in [0.2, 0.25) is 5.91 Å². The number of rotatable bonds is 7. The zero-order valence-electron chi connectivity index (χ0n) is 12.1. The van der Waals surface area contributed by atoms with Gasteiger partial charge in [0.15, 0.2) is 0 Å². The molecule has 0 aliphatic carbocycles. The van der Waals surface area contributed by atoms with Gasteiger partial charge >= 0.3 is 5.97 Å². The van der Waals surface area contributed by atoms with E-state index >= 15 is 0 Å². The lowest BCUT2D eigenvalue weighted by Crippen LogP contribution is -2.32. The van der Waals surface area contributed by atoms with Gasteiger partial charge in [0, 0.05) is 23.0 Å². The summed E-state index contributed by atoms with van der Waals surface area (Å²) in [6.45, 7) is 3.61. The summed E-state index contributed by atoms with van der Waals surface area (Å²) in [7, 11) is 0. The van der Waals surface area contributed by atoms with Crippen molar-refractivity contribution in [3.63, 3.8) is 0 Å². The van der Waals surface area contributed by atoms with Crippen molar-refractivity contribution in [2.75, 3.05) is 6.54 Å². The van der Waals surface area contributed by atoms with Gasteiger partial charge in [0.25, 0.3) is 0 Å². The van der Waals surface area contributed by atoms with E-state index < -0.39 is 11.4 Å². The lowest BCUT2D eigenvalue weighted by molar-refractivity contribution is -0.147. The number of aryl methyl sites for hydroxylation is 1. The van der Waals surface area contributed by atoms with Crippen LogP contribution in [0.5, 0.6) is 0 Å². The molecule has 0 aliphatic heterocycles. The zero-order valence-corrected chi connectivity index (χ0v) is 13.6. The first kappa shape index (κ1) is 17.8. The second-order valence-corrected chi connectivity index (χ2v) is 6.37. The van der Waals surface area contributed by atoms with E-state index in [0.29, 0.717) is 35.9 Å². The number of halogens is 2. The molecule has 0 saturated carbocycles. The van der Waals surface area contributed by atoms with Gasteiger partial charge in [-0.3, -0.25) is 9.59 Å². The molecule has 1 aromatic carbocycles. The summed E-state index contributed by atoms with van der Waals surface area (Å²) in [6, 6.07) is 5.17. The minimum absolute atomic E-state index is 0.123. The van der Waals surface area contributed by atoms with Crippen LogP contribution in [0.15, 0.2) is 18.2 Å². The lowest BCUT2D eigenvalue weighted by atomic mass is 9.90. The van der Waals surface area contributed by atoms with Crippen LogP contribution < -0.4 is 5.32 Å². The van der Waals surface area contributed by atoms with Crippen LogP contribution in [0.4, 0.5) is 0 Å². The van der Waals surface area contributed by atoms with E-state index in [2.05, 4.69) is 5.32 Å². The standard InChI is InChI=1S/C15H19Cl2NO3/c1-15(2,14(20)21)7-8-18-13(19)6-4-10-3-5-11(16)9-12(10)17/h3,5,9H,4,6-8H2,1-2H3,(H,18,19)(H,20,21). The van der Waals surface area contributed by atoms with Crippen LogP contribution >= 0.6 is 23.2 Å². The molecule has 1 rings (SSSR count). The molecule has 4 nitrogen and oxygen atoms in total. The Bertz CT molecular complexity index is 530. The monoisotopic (exact) mass is 331 g/mol. The SMILES string of the molecule is CC(C)(CCNC(=O)CCc1ccc(Cl)cc1Cl)C(=O)O. The van der Waals surface area contributed by atoms with E-state index in [0.717, 1.165) is 5.56 Å². The van der Waals surface area contributed by atoms with E-state index in [1.54, 1.807) is 32.0 Å². The molecule has 0 unspecified atom stereocenters. The van der Waals surface area contributed by atoms with Crippen LogP contribution in [0.1, 0.15) is 32.3 Å². The number of aliphatic carboxylic acids is 1. The number of hydrogen-bond donors (Lipinski definition) is 2. The molecule has 0 radical (unpaired) electrons. The van der Waals surface area contributed by atoms with Crippen LogP contribution in [-0.2, 0) is 16.0 Å². The van der Waals surface area contributed by atoms with Gasteiger partial charge < -0.3 is 10.4 Å². The van der Waals surface area contributed by atoms with Gasteiger partial charge in [0.1, 0.15) is 0 Å². The molecule has 0 aliphatic rings. The Morgan fingerprint density at radius 3 is 2.52 bits per heavy atom. The average molecular weight is 332 g/mol. The molecule has 2 N–H and O–H groups in total. The molecule has 116 valence electrons. The molecule has 0 spiro atoms. The minimum atomic E-state index is -0.871. The van der Waals surface area contributed by atoms with Crippen molar-refractivity contribution in [1.82, 2.24) is 5.32 Å². The van der Waals surface area contributed by atoms with Crippen LogP contribution in [0.3, 0.4) is 0 Å². The quantitative estimate of drug-likeness (QED) is 0.802. The Labute approximate surface area is 134 Å². The van der Waals surface area contributed by atoms with Gasteiger partial charge in [-0.2, -0.15) is 0 Å². The molecular formula is C15H19Cl2NO3. The Kier molecular flexibility index (Phi) is 6.49. The second-order valence-electron chi connectivity index (χ2n) is 5.52. The fourth-order valence-corrected chi connectivity index (χ4v) is 2.19. The van der Waals surface area contributed by atoms with Crippen molar-refractivity contribution in [3.8, 4) is 0 Å². The third-order valence-corrected chi connectivity index (χ3v) is 3.87. The molecule has 1 amide bonds. The molecule has 1 aromatic rings. The van der Waals surface area contributed by atoms with Crippen molar-refractivity contribution >= 4 is 35.1 Å². The molecule has 0 fully saturated rings. The van der Waals surface area contributed by atoms with Crippen LogP contribution in [0.25, 0.3) is 0 Å². The second kappa shape index (κ2) is 7.66. The number of nitrogens with one attached hydrogen (secondary N) is 1. The van der Waals surface area contributed by atoms with Crippen molar-refractivity contribution in [2.45, 2.75) is 33.1 Å². The first-order chi connectivity index (χ1) is 9.72. The molecule has 0 aromatic heterocycles. The molecule has 0 saturated heterocycles. The minimum Gasteiger partial charge on any atom is -0.481 e. The highest BCUT2D eigenvalue weighted by molar-refractivity contribution is 6.35. The van der Waals surface area contributed by atoms with Crippen molar-refractivity contribution < 1.29 is 14.7 Å². The maximum Gasteiger partial charge on any atom is 0.309 e. The van der Waals surface area contributed by atoms with Crippen LogP contribution in [0.2, 0.25) is 10.0 Å². The molecular weight excluding hydrogens is 313 g/mol. The number of carboxylic acid groups (broad SMARTS) is 1. The summed E-state index contributed by atoms with van der Waals surface area (Å²) < 4.78 is 0. The lowest BCUT2D eigenvalue weighted by Gasteiger charge is -2.18. The number of carbonyl (C=O) groups excluding carboxylic acids is 1. The van der Waals surface area contributed by atoms with Crippen LogP contribution in [0, 0.1) is 5.41 Å². The number of carbonyl (C=O) groups is 2. The maximum atomic E-state index is 11.7. The highest BCUT2D eigenvalue weighted by Crippen LogP contribution is 2.22. The highest BCUT2D eigenvalue weighted by atomic mass is 35.5. The summed E-state index contributed by atoms with van der Waals surface area (Å²) in [4.78, 5) is 22.7. The fourth-order valence-electron chi connectivity index (χ4n) is 1.68. The average Bonchev–Trinajstić information content (AvgIpc) is 2.37. The van der Waals surface area contributed by atoms with Crippen molar-refractivity contribution in [2.24, 2.45) is 5.41 Å². The van der Waals surface area contributed by atoms with Gasteiger partial charge in [-0.1, -0.05) is 29.3 Å². The fraction of sp³-hybridized carbons (Fsp3) is 0.467. The Morgan fingerprint density at radius 2 is 1.95 bits per heavy atom. The Morgan fingerprint density at radius 1 is 1.29 bits per heavy atom. The predicted octanol–water partition coefficient (Wildman–Crippen LogP) is 3.54. The summed E-state index contributed by atoms with van der Waals surface area (Å²) in [5.41, 5.74) is 0.0225. The van der Waals surface area contributed by atoms with Crippen LogP contribution in [-0.4, -0.2) is 23.5 Å².